The maximum atomic E-state index is 8.28. The molecule has 0 saturated heterocycles. The standard InChI is InChI=1S/C4H11NO.ClH/c1-4(2,5)3-6;/h6H,3,5H2,1-2H3;1H. The Morgan fingerprint density at radius 2 is 1.71 bits per heavy atom. The molecule has 0 amide bonds. The van der Waals surface area contributed by atoms with Gasteiger partial charge in [0, 0.05) is 5.54 Å². The van der Waals surface area contributed by atoms with Gasteiger partial charge < -0.3 is 10.8 Å². The average Bonchev–Trinajstić information content (AvgIpc) is 1.35. The molecule has 0 bridgehead atoms. The molecule has 0 aromatic heterocycles. The number of hydrogen-bond acceptors (Lipinski definition) is 2. The first-order chi connectivity index (χ1) is 2.56. The Labute approximate surface area is 50.1 Å². The molecule has 2 nitrogen and oxygen atoms in total. The highest BCUT2D eigenvalue weighted by Gasteiger charge is 2.05. The molecule has 3 heteroatoms. The molecule has 7 heavy (non-hydrogen) atoms. The van der Waals surface area contributed by atoms with Gasteiger partial charge in [0.15, 0.2) is 0 Å². The van der Waals surface area contributed by atoms with Crippen molar-refractivity contribution in [2.45, 2.75) is 19.4 Å². The number of rotatable bonds is 1. The van der Waals surface area contributed by atoms with Gasteiger partial charge in [0.2, 0.25) is 0 Å². The van der Waals surface area contributed by atoms with Gasteiger partial charge in [-0.1, -0.05) is 0 Å². The summed E-state index contributed by atoms with van der Waals surface area (Å²) in [4.78, 5) is 0. The van der Waals surface area contributed by atoms with Gasteiger partial charge in [0.25, 0.3) is 0 Å². The van der Waals surface area contributed by atoms with Crippen molar-refractivity contribution in [3.63, 3.8) is 0 Å². The highest BCUT2D eigenvalue weighted by atomic mass is 35.5. The fourth-order valence-electron chi connectivity index (χ4n) is 0. The molecule has 0 spiro atoms. The van der Waals surface area contributed by atoms with Crippen LogP contribution >= 0.6 is 12.4 Å². The van der Waals surface area contributed by atoms with Crippen molar-refractivity contribution >= 4 is 12.4 Å². The summed E-state index contributed by atoms with van der Waals surface area (Å²) in [5.74, 6) is 0. The van der Waals surface area contributed by atoms with Crippen LogP contribution in [0, 0.1) is 0 Å². The average molecular weight is 126 g/mol. The zero-order valence-electron chi connectivity index (χ0n) is 4.64. The number of aliphatic hydroxyl groups excluding tert-OH is 1. The fourth-order valence-corrected chi connectivity index (χ4v) is 0. The Bertz CT molecular complexity index is 41.4. The van der Waals surface area contributed by atoms with Crippen LogP contribution in [0.25, 0.3) is 0 Å². The minimum Gasteiger partial charge on any atom is -0.394 e. The third-order valence-corrected chi connectivity index (χ3v) is 0.408. The van der Waals surface area contributed by atoms with Gasteiger partial charge in [-0.15, -0.1) is 12.4 Å². The second-order valence-corrected chi connectivity index (χ2v) is 2.15. The summed E-state index contributed by atoms with van der Waals surface area (Å²) in [5, 5.41) is 8.28. The summed E-state index contributed by atoms with van der Waals surface area (Å²) in [6.07, 6.45) is 0. The number of aliphatic hydroxyl groups is 1. The van der Waals surface area contributed by atoms with Crippen LogP contribution < -0.4 is 5.73 Å². The van der Waals surface area contributed by atoms with Crippen LogP contribution in [-0.2, 0) is 0 Å². The second-order valence-electron chi connectivity index (χ2n) is 2.15. The number of nitrogens with two attached hydrogens (primary N) is 1. The minimum absolute atomic E-state index is 0. The Hall–Kier alpha value is 0.210. The Balaban J connectivity index is 0. The van der Waals surface area contributed by atoms with Crippen molar-refractivity contribution in [3.05, 3.63) is 0 Å². The molecule has 0 aliphatic rings. The topological polar surface area (TPSA) is 46.2 Å². The third-order valence-electron chi connectivity index (χ3n) is 0.408. The predicted octanol–water partition coefficient (Wildman–Crippen LogP) is 0.138. The Morgan fingerprint density at radius 3 is 1.71 bits per heavy atom. The quantitative estimate of drug-likeness (QED) is 0.524. The maximum Gasteiger partial charge on any atom is 0.0605 e. The number of hydrogen-bond donors (Lipinski definition) is 2. The molecule has 0 aliphatic heterocycles. The smallest absolute Gasteiger partial charge is 0.0605 e. The summed E-state index contributed by atoms with van der Waals surface area (Å²) in [5.41, 5.74) is 4.88. The van der Waals surface area contributed by atoms with Crippen molar-refractivity contribution in [3.8, 4) is 0 Å². The van der Waals surface area contributed by atoms with E-state index in [0.717, 1.165) is 0 Å². The normalized spacial score (nSPS) is 10.3. The summed E-state index contributed by atoms with van der Waals surface area (Å²) in [7, 11) is 0. The molecule has 0 radical (unpaired) electrons. The van der Waals surface area contributed by atoms with Crippen molar-refractivity contribution in [2.24, 2.45) is 5.73 Å². The van der Waals surface area contributed by atoms with E-state index in [2.05, 4.69) is 0 Å². The van der Waals surface area contributed by atoms with Gasteiger partial charge in [-0.25, -0.2) is 0 Å². The van der Waals surface area contributed by atoms with E-state index in [9.17, 15) is 0 Å². The van der Waals surface area contributed by atoms with Gasteiger partial charge in [-0.2, -0.15) is 0 Å². The first kappa shape index (κ1) is 10.2. The van der Waals surface area contributed by atoms with E-state index >= 15 is 0 Å². The van der Waals surface area contributed by atoms with E-state index in [-0.39, 0.29) is 19.0 Å². The van der Waals surface area contributed by atoms with Crippen LogP contribution in [-0.4, -0.2) is 17.3 Å². The van der Waals surface area contributed by atoms with Crippen molar-refractivity contribution in [2.75, 3.05) is 6.61 Å². The van der Waals surface area contributed by atoms with E-state index in [1.54, 1.807) is 13.8 Å². The lowest BCUT2D eigenvalue weighted by Gasteiger charge is -2.12. The zero-order valence-corrected chi connectivity index (χ0v) is 5.46. The molecule has 0 unspecified atom stereocenters. The largest absolute Gasteiger partial charge is 0.394 e. The minimum atomic E-state index is -0.403. The monoisotopic (exact) mass is 125 g/mol. The van der Waals surface area contributed by atoms with Crippen LogP contribution in [0.3, 0.4) is 0 Å². The van der Waals surface area contributed by atoms with Crippen molar-refractivity contribution in [1.82, 2.24) is 0 Å². The number of halogens is 1. The van der Waals surface area contributed by atoms with Gasteiger partial charge >= 0.3 is 0 Å². The summed E-state index contributed by atoms with van der Waals surface area (Å²) >= 11 is 0. The summed E-state index contributed by atoms with van der Waals surface area (Å²) < 4.78 is 0. The lowest BCUT2D eigenvalue weighted by Crippen LogP contribution is -2.35. The Kier molecular flexibility index (Phi) is 4.75. The molecule has 0 fully saturated rings. The first-order valence-corrected chi connectivity index (χ1v) is 1.96. The van der Waals surface area contributed by atoms with Crippen molar-refractivity contribution in [1.29, 1.82) is 0 Å². The van der Waals surface area contributed by atoms with Crippen LogP contribution in [0.4, 0.5) is 0 Å². The highest BCUT2D eigenvalue weighted by molar-refractivity contribution is 5.85. The van der Waals surface area contributed by atoms with Crippen LogP contribution in [0.5, 0.6) is 0 Å². The summed E-state index contributed by atoms with van der Waals surface area (Å²) in [6.45, 7) is 3.59. The molecule has 0 saturated carbocycles. The second kappa shape index (κ2) is 3.24. The highest BCUT2D eigenvalue weighted by Crippen LogP contribution is 1.89. The lowest BCUT2D eigenvalue weighted by atomic mass is 10.1. The van der Waals surface area contributed by atoms with E-state index in [4.69, 9.17) is 10.8 Å². The zero-order chi connectivity index (χ0) is 5.21. The molecule has 0 aliphatic carbocycles. The fraction of sp³-hybridized carbons (Fsp3) is 1.00. The lowest BCUT2D eigenvalue weighted by molar-refractivity contribution is 0.221. The van der Waals surface area contributed by atoms with Crippen LogP contribution in [0.1, 0.15) is 13.8 Å². The predicted molar refractivity (Wildman–Crippen MR) is 32.6 cm³/mol. The van der Waals surface area contributed by atoms with Gasteiger partial charge in [0.1, 0.15) is 0 Å². The first-order valence-electron chi connectivity index (χ1n) is 1.96. The molecular formula is C4H12ClNO. The van der Waals surface area contributed by atoms with Crippen LogP contribution in [0.2, 0.25) is 0 Å². The molecular weight excluding hydrogens is 114 g/mol. The van der Waals surface area contributed by atoms with Gasteiger partial charge in [0.05, 0.1) is 6.61 Å². The van der Waals surface area contributed by atoms with Crippen molar-refractivity contribution < 1.29 is 5.11 Å². The van der Waals surface area contributed by atoms with Gasteiger partial charge in [-0.05, 0) is 13.8 Å². The van der Waals surface area contributed by atoms with E-state index in [0.29, 0.717) is 0 Å². The SMILES string of the molecule is CC(C)(N)CO.Cl. The van der Waals surface area contributed by atoms with E-state index in [1.807, 2.05) is 0 Å². The molecule has 0 rings (SSSR count). The molecule has 0 aromatic carbocycles. The van der Waals surface area contributed by atoms with E-state index in [1.165, 1.54) is 0 Å². The molecule has 3 N–H and O–H groups in total. The molecule has 0 heterocycles. The van der Waals surface area contributed by atoms with Crippen LogP contribution in [0.15, 0.2) is 0 Å². The Morgan fingerprint density at radius 1 is 1.57 bits per heavy atom. The van der Waals surface area contributed by atoms with E-state index < -0.39 is 5.54 Å². The molecule has 46 valence electrons. The van der Waals surface area contributed by atoms with Gasteiger partial charge in [-0.3, -0.25) is 0 Å². The summed E-state index contributed by atoms with van der Waals surface area (Å²) in [6, 6.07) is 0. The molecule has 0 atom stereocenters. The third kappa shape index (κ3) is 10.7. The maximum absolute atomic E-state index is 8.28. The molecule has 0 aromatic rings.